The van der Waals surface area contributed by atoms with Crippen molar-refractivity contribution in [2.45, 2.75) is 38.1 Å². The smallest absolute Gasteiger partial charge is 0.316 e. The van der Waals surface area contributed by atoms with Crippen molar-refractivity contribution in [2.24, 2.45) is 5.41 Å². The maximum absolute atomic E-state index is 12.2. The molecule has 1 aromatic rings. The molecule has 0 aromatic heterocycles. The van der Waals surface area contributed by atoms with Crippen LogP contribution in [-0.4, -0.2) is 31.9 Å². The van der Waals surface area contributed by atoms with E-state index >= 15 is 0 Å². The van der Waals surface area contributed by atoms with Crippen LogP contribution in [0.2, 0.25) is 0 Å². The van der Waals surface area contributed by atoms with Gasteiger partial charge in [0, 0.05) is 0 Å². The van der Waals surface area contributed by atoms with Crippen LogP contribution in [0.3, 0.4) is 0 Å². The van der Waals surface area contributed by atoms with Gasteiger partial charge in [0.05, 0.1) is 26.4 Å². The van der Waals surface area contributed by atoms with Crippen molar-refractivity contribution in [1.29, 1.82) is 0 Å². The number of fused-ring (bicyclic) bond motifs is 1. The van der Waals surface area contributed by atoms with Crippen molar-refractivity contribution < 1.29 is 19.0 Å². The zero-order valence-corrected chi connectivity index (χ0v) is 11.7. The summed E-state index contributed by atoms with van der Waals surface area (Å²) >= 11 is 0. The largest absolute Gasteiger partial charge is 0.468 e. The minimum absolute atomic E-state index is 0.0144. The first-order valence-electron chi connectivity index (χ1n) is 7.12. The predicted octanol–water partition coefficient (Wildman–Crippen LogP) is 2.31. The van der Waals surface area contributed by atoms with Gasteiger partial charge in [-0.25, -0.2) is 0 Å². The third-order valence-electron chi connectivity index (χ3n) is 4.30. The maximum atomic E-state index is 12.2. The molecule has 3 rings (SSSR count). The quantitative estimate of drug-likeness (QED) is 0.611. The summed E-state index contributed by atoms with van der Waals surface area (Å²) in [7, 11) is 1.44. The van der Waals surface area contributed by atoms with Gasteiger partial charge in [-0.2, -0.15) is 0 Å². The van der Waals surface area contributed by atoms with Crippen molar-refractivity contribution in [3.63, 3.8) is 0 Å². The van der Waals surface area contributed by atoms with Crippen molar-refractivity contribution in [3.05, 3.63) is 35.9 Å². The summed E-state index contributed by atoms with van der Waals surface area (Å²) in [6.45, 7) is 0.882. The van der Waals surface area contributed by atoms with E-state index < -0.39 is 5.41 Å². The molecule has 1 aliphatic heterocycles. The zero-order valence-electron chi connectivity index (χ0n) is 11.7. The Bertz CT molecular complexity index is 473. The molecule has 20 heavy (non-hydrogen) atoms. The van der Waals surface area contributed by atoms with Crippen LogP contribution in [0, 0.1) is 5.41 Å². The number of carbonyl (C=O) groups is 1. The lowest BCUT2D eigenvalue weighted by molar-refractivity contribution is -0.160. The van der Waals surface area contributed by atoms with Crippen LogP contribution < -0.4 is 0 Å². The molecule has 0 bridgehead atoms. The van der Waals surface area contributed by atoms with Gasteiger partial charge in [0.25, 0.3) is 0 Å². The Labute approximate surface area is 119 Å². The molecule has 2 fully saturated rings. The summed E-state index contributed by atoms with van der Waals surface area (Å²) < 4.78 is 16.4. The Hall–Kier alpha value is -1.39. The van der Waals surface area contributed by atoms with E-state index in [1.807, 2.05) is 30.3 Å². The van der Waals surface area contributed by atoms with Crippen LogP contribution in [0.15, 0.2) is 30.3 Å². The number of hydrogen-bond acceptors (Lipinski definition) is 4. The first-order chi connectivity index (χ1) is 9.76. The third kappa shape index (κ3) is 2.45. The number of benzene rings is 1. The Balaban J connectivity index is 1.64. The second-order valence-corrected chi connectivity index (χ2v) is 5.61. The first kappa shape index (κ1) is 13.6. The number of rotatable bonds is 5. The molecular weight excluding hydrogens is 256 g/mol. The molecule has 108 valence electrons. The van der Waals surface area contributed by atoms with Gasteiger partial charge in [-0.1, -0.05) is 30.3 Å². The van der Waals surface area contributed by atoms with E-state index in [-0.39, 0.29) is 18.2 Å². The SMILES string of the molecule is COC(=O)[C@@]1(COCc2ccccc2)CCC[C@H]2O[C@@H]21. The molecule has 2 aliphatic rings. The summed E-state index contributed by atoms with van der Waals surface area (Å²) in [5.74, 6) is -0.197. The number of methoxy groups -OCH3 is 1. The van der Waals surface area contributed by atoms with Gasteiger partial charge in [0.2, 0.25) is 0 Å². The second kappa shape index (κ2) is 5.54. The van der Waals surface area contributed by atoms with Gasteiger partial charge in [-0.3, -0.25) is 4.79 Å². The van der Waals surface area contributed by atoms with Gasteiger partial charge in [0.1, 0.15) is 11.5 Å². The average Bonchev–Trinajstić information content (AvgIpc) is 3.28. The van der Waals surface area contributed by atoms with E-state index in [1.165, 1.54) is 7.11 Å². The molecule has 0 radical (unpaired) electrons. The zero-order chi connectivity index (χ0) is 14.0. The summed E-state index contributed by atoms with van der Waals surface area (Å²) in [6.07, 6.45) is 3.03. The monoisotopic (exact) mass is 276 g/mol. The number of epoxide rings is 1. The van der Waals surface area contributed by atoms with Crippen molar-refractivity contribution in [2.75, 3.05) is 13.7 Å². The lowest BCUT2D eigenvalue weighted by atomic mass is 9.74. The number of esters is 1. The number of ether oxygens (including phenoxy) is 3. The predicted molar refractivity (Wildman–Crippen MR) is 73.1 cm³/mol. The van der Waals surface area contributed by atoms with Crippen LogP contribution in [0.1, 0.15) is 24.8 Å². The molecule has 0 unspecified atom stereocenters. The van der Waals surface area contributed by atoms with Gasteiger partial charge in [-0.05, 0) is 24.8 Å². The Kier molecular flexibility index (Phi) is 3.76. The molecule has 1 saturated carbocycles. The van der Waals surface area contributed by atoms with Crippen LogP contribution in [0.5, 0.6) is 0 Å². The fourth-order valence-corrected chi connectivity index (χ4v) is 3.17. The van der Waals surface area contributed by atoms with E-state index in [4.69, 9.17) is 14.2 Å². The molecule has 1 heterocycles. The molecule has 4 nitrogen and oxygen atoms in total. The third-order valence-corrected chi connectivity index (χ3v) is 4.30. The van der Waals surface area contributed by atoms with Gasteiger partial charge >= 0.3 is 5.97 Å². The number of hydrogen-bond donors (Lipinski definition) is 0. The fourth-order valence-electron chi connectivity index (χ4n) is 3.17. The van der Waals surface area contributed by atoms with Crippen molar-refractivity contribution in [3.8, 4) is 0 Å². The van der Waals surface area contributed by atoms with Crippen molar-refractivity contribution in [1.82, 2.24) is 0 Å². The van der Waals surface area contributed by atoms with E-state index in [2.05, 4.69) is 0 Å². The van der Waals surface area contributed by atoms with E-state index in [0.29, 0.717) is 13.2 Å². The molecule has 0 amide bonds. The molecular formula is C16H20O4. The minimum Gasteiger partial charge on any atom is -0.468 e. The second-order valence-electron chi connectivity index (χ2n) is 5.61. The van der Waals surface area contributed by atoms with Gasteiger partial charge in [0.15, 0.2) is 0 Å². The summed E-state index contributed by atoms with van der Waals surface area (Å²) in [5.41, 5.74) is 0.503. The molecule has 0 N–H and O–H groups in total. The van der Waals surface area contributed by atoms with E-state index in [1.54, 1.807) is 0 Å². The molecule has 1 saturated heterocycles. The summed E-state index contributed by atoms with van der Waals surface area (Å²) in [6, 6.07) is 9.97. The molecule has 1 aliphatic carbocycles. The van der Waals surface area contributed by atoms with Gasteiger partial charge < -0.3 is 14.2 Å². The Morgan fingerprint density at radius 3 is 2.95 bits per heavy atom. The Morgan fingerprint density at radius 1 is 1.40 bits per heavy atom. The van der Waals surface area contributed by atoms with E-state index in [0.717, 1.165) is 24.8 Å². The minimum atomic E-state index is -0.605. The van der Waals surface area contributed by atoms with Crippen LogP contribution in [-0.2, 0) is 25.6 Å². The van der Waals surface area contributed by atoms with Crippen LogP contribution >= 0.6 is 0 Å². The fraction of sp³-hybridized carbons (Fsp3) is 0.562. The van der Waals surface area contributed by atoms with Crippen LogP contribution in [0.4, 0.5) is 0 Å². The highest BCUT2D eigenvalue weighted by Crippen LogP contribution is 2.50. The standard InChI is InChI=1S/C16H20O4/c1-18-15(17)16(9-5-8-13-14(16)20-13)11-19-10-12-6-3-2-4-7-12/h2-4,6-7,13-14H,5,8-11H2,1H3/t13-,14+,16-/m1/s1. The summed E-state index contributed by atoms with van der Waals surface area (Å²) in [5, 5.41) is 0. The lowest BCUT2D eigenvalue weighted by Crippen LogP contribution is -2.44. The maximum Gasteiger partial charge on any atom is 0.316 e. The normalized spacial score (nSPS) is 31.4. The molecule has 1 aromatic carbocycles. The number of carbonyl (C=O) groups excluding carboxylic acids is 1. The highest BCUT2D eigenvalue weighted by atomic mass is 16.6. The van der Waals surface area contributed by atoms with Gasteiger partial charge in [-0.15, -0.1) is 0 Å². The topological polar surface area (TPSA) is 48.1 Å². The highest BCUT2D eigenvalue weighted by Gasteiger charge is 2.61. The van der Waals surface area contributed by atoms with Crippen molar-refractivity contribution >= 4 is 5.97 Å². The molecule has 3 atom stereocenters. The molecule has 0 spiro atoms. The van der Waals surface area contributed by atoms with Crippen LogP contribution in [0.25, 0.3) is 0 Å². The lowest BCUT2D eigenvalue weighted by Gasteiger charge is -2.31. The summed E-state index contributed by atoms with van der Waals surface area (Å²) in [4.78, 5) is 12.2. The Morgan fingerprint density at radius 2 is 2.20 bits per heavy atom. The highest BCUT2D eigenvalue weighted by molar-refractivity contribution is 5.78. The average molecular weight is 276 g/mol. The van der Waals surface area contributed by atoms with E-state index in [9.17, 15) is 4.79 Å². The first-order valence-corrected chi connectivity index (χ1v) is 7.12. The molecule has 4 heteroatoms.